The molecule has 0 amide bonds. The Labute approximate surface area is 216 Å². The predicted molar refractivity (Wildman–Crippen MR) is 142 cm³/mol. The largest absolute Gasteiger partial charge is 0.495 e. The van der Waals surface area contributed by atoms with E-state index in [1.807, 2.05) is 12.1 Å². The van der Waals surface area contributed by atoms with Crippen LogP contribution in [0.15, 0.2) is 36.8 Å². The number of aromatic nitrogens is 3. The molecule has 0 aromatic carbocycles. The maximum Gasteiger partial charge on any atom is 0.229 e. The van der Waals surface area contributed by atoms with Crippen molar-refractivity contribution in [3.63, 3.8) is 0 Å². The summed E-state index contributed by atoms with van der Waals surface area (Å²) in [6, 6.07) is 5.90. The Kier molecular flexibility index (Phi) is 7.47. The third-order valence-corrected chi connectivity index (χ3v) is 7.15. The van der Waals surface area contributed by atoms with Crippen molar-refractivity contribution in [3.8, 4) is 11.6 Å². The second-order valence-electron chi connectivity index (χ2n) is 9.40. The molecule has 3 aromatic heterocycles. The van der Waals surface area contributed by atoms with Crippen LogP contribution in [0.2, 0.25) is 0 Å². The van der Waals surface area contributed by atoms with E-state index < -0.39 is 10.0 Å². The molecule has 0 atom stereocenters. The molecular weight excluding hydrogens is 496 g/mol. The average Bonchev–Trinajstić information content (AvgIpc) is 2.89. The van der Waals surface area contributed by atoms with Crippen LogP contribution in [0.5, 0.6) is 11.6 Å². The summed E-state index contributed by atoms with van der Waals surface area (Å²) in [6.45, 7) is 2.75. The molecule has 3 aromatic rings. The van der Waals surface area contributed by atoms with Gasteiger partial charge >= 0.3 is 0 Å². The number of ether oxygens (including phenoxy) is 3. The zero-order chi connectivity index (χ0) is 25.8. The van der Waals surface area contributed by atoms with Gasteiger partial charge in [0, 0.05) is 31.3 Å². The molecule has 1 saturated carbocycles. The predicted octanol–water partition coefficient (Wildman–Crippen LogP) is 3.04. The van der Waals surface area contributed by atoms with E-state index in [1.54, 1.807) is 25.6 Å². The fraction of sp³-hybridized carbons (Fsp3) is 0.480. The molecule has 4 heterocycles. The normalized spacial score (nSPS) is 20.4. The van der Waals surface area contributed by atoms with Crippen molar-refractivity contribution in [1.29, 1.82) is 0 Å². The summed E-state index contributed by atoms with van der Waals surface area (Å²) in [4.78, 5) is 15.7. The van der Waals surface area contributed by atoms with Crippen LogP contribution in [0, 0.1) is 0 Å². The number of sulfonamides is 1. The van der Waals surface area contributed by atoms with Crippen LogP contribution >= 0.6 is 0 Å². The summed E-state index contributed by atoms with van der Waals surface area (Å²) in [6.07, 6.45) is 9.68. The topological polar surface area (TPSA) is 128 Å². The molecule has 1 aliphatic heterocycles. The van der Waals surface area contributed by atoms with Gasteiger partial charge in [0.15, 0.2) is 0 Å². The minimum Gasteiger partial charge on any atom is -0.495 e. The number of anilines is 3. The average molecular weight is 529 g/mol. The first-order chi connectivity index (χ1) is 17.9. The molecule has 0 bridgehead atoms. The van der Waals surface area contributed by atoms with Crippen molar-refractivity contribution < 1.29 is 22.6 Å². The number of methoxy groups -OCH3 is 1. The molecule has 11 nitrogen and oxygen atoms in total. The highest BCUT2D eigenvalue weighted by Crippen LogP contribution is 2.33. The minimum atomic E-state index is -3.44. The van der Waals surface area contributed by atoms with Gasteiger partial charge in [-0.2, -0.15) is 4.98 Å². The Morgan fingerprint density at radius 3 is 2.54 bits per heavy atom. The lowest BCUT2D eigenvalue weighted by Crippen LogP contribution is -2.37. The first-order valence-corrected chi connectivity index (χ1v) is 14.3. The van der Waals surface area contributed by atoms with E-state index in [9.17, 15) is 8.42 Å². The number of morpholine rings is 1. The molecule has 2 N–H and O–H groups in total. The second kappa shape index (κ2) is 10.9. The number of fused-ring (bicyclic) bond motifs is 1. The lowest BCUT2D eigenvalue weighted by Gasteiger charge is -2.31. The number of nitrogens with zero attached hydrogens (tertiary/aromatic N) is 4. The number of hydrogen-bond donors (Lipinski definition) is 2. The standard InChI is InChI=1S/C25H32N6O5S/c1-34-21-11-18(14-26-16-21)28-17-3-5-20(6-4-17)36-25-22-12-19(30-37(2,32)33)15-27-23(22)13-24(29-25)31-7-9-35-10-8-31/h11-17,20,28,30H,3-10H2,1-2H3. The van der Waals surface area contributed by atoms with Crippen LogP contribution < -0.4 is 24.4 Å². The van der Waals surface area contributed by atoms with Crippen LogP contribution in [-0.2, 0) is 14.8 Å². The number of nitrogens with one attached hydrogen (secondary N) is 2. The highest BCUT2D eigenvalue weighted by molar-refractivity contribution is 7.92. The van der Waals surface area contributed by atoms with Crippen LogP contribution in [0.25, 0.3) is 10.9 Å². The van der Waals surface area contributed by atoms with E-state index in [0.29, 0.717) is 41.7 Å². The van der Waals surface area contributed by atoms with E-state index >= 15 is 0 Å². The number of pyridine rings is 3. The van der Waals surface area contributed by atoms with E-state index in [-0.39, 0.29) is 6.10 Å². The number of hydrogen-bond acceptors (Lipinski definition) is 10. The van der Waals surface area contributed by atoms with E-state index in [2.05, 4.69) is 24.9 Å². The highest BCUT2D eigenvalue weighted by atomic mass is 32.2. The Bertz CT molecular complexity index is 1340. The van der Waals surface area contributed by atoms with Crippen LogP contribution in [0.3, 0.4) is 0 Å². The van der Waals surface area contributed by atoms with Crippen molar-refractivity contribution in [2.45, 2.75) is 37.8 Å². The van der Waals surface area contributed by atoms with Crippen LogP contribution in [0.1, 0.15) is 25.7 Å². The van der Waals surface area contributed by atoms with Gasteiger partial charge in [-0.1, -0.05) is 0 Å². The molecule has 12 heteroatoms. The first kappa shape index (κ1) is 25.3. The summed E-state index contributed by atoms with van der Waals surface area (Å²) in [7, 11) is -1.81. The van der Waals surface area contributed by atoms with Gasteiger partial charge in [0.25, 0.3) is 0 Å². The van der Waals surface area contributed by atoms with Gasteiger partial charge in [-0.25, -0.2) is 8.42 Å². The molecular formula is C25H32N6O5S. The van der Waals surface area contributed by atoms with Crippen molar-refractivity contribution in [2.24, 2.45) is 0 Å². The minimum absolute atomic E-state index is 0.0105. The quantitative estimate of drug-likeness (QED) is 0.450. The van der Waals surface area contributed by atoms with Gasteiger partial charge in [0.05, 0.1) is 67.4 Å². The van der Waals surface area contributed by atoms with Gasteiger partial charge in [-0.05, 0) is 31.7 Å². The zero-order valence-electron chi connectivity index (χ0n) is 21.0. The maximum absolute atomic E-state index is 11.8. The van der Waals surface area contributed by atoms with Crippen molar-refractivity contribution in [2.75, 3.05) is 54.6 Å². The Hall–Kier alpha value is -3.38. The summed E-state index contributed by atoms with van der Waals surface area (Å²) >= 11 is 0. The lowest BCUT2D eigenvalue weighted by atomic mass is 9.93. The summed E-state index contributed by atoms with van der Waals surface area (Å²) in [5.74, 6) is 1.97. The van der Waals surface area contributed by atoms with Crippen LogP contribution in [0.4, 0.5) is 17.2 Å². The molecule has 0 unspecified atom stereocenters. The van der Waals surface area contributed by atoms with Crippen LogP contribution in [-0.4, -0.2) is 75.2 Å². The number of rotatable bonds is 8. The maximum atomic E-state index is 11.8. The van der Waals surface area contributed by atoms with Crippen molar-refractivity contribution in [1.82, 2.24) is 15.0 Å². The molecule has 2 fully saturated rings. The smallest absolute Gasteiger partial charge is 0.229 e. The molecule has 0 radical (unpaired) electrons. The summed E-state index contributed by atoms with van der Waals surface area (Å²) in [5, 5.41) is 4.22. The Balaban J connectivity index is 1.34. The zero-order valence-corrected chi connectivity index (χ0v) is 21.8. The van der Waals surface area contributed by atoms with E-state index in [0.717, 1.165) is 62.3 Å². The molecule has 1 aliphatic carbocycles. The third kappa shape index (κ3) is 6.50. The van der Waals surface area contributed by atoms with Crippen molar-refractivity contribution >= 4 is 38.1 Å². The third-order valence-electron chi connectivity index (χ3n) is 6.54. The SMILES string of the molecule is COc1cncc(NC2CCC(Oc3nc(N4CCOCC4)cc4ncc(NS(C)(=O)=O)cc34)CC2)c1. The fourth-order valence-corrected chi connectivity index (χ4v) is 5.26. The summed E-state index contributed by atoms with van der Waals surface area (Å²) in [5.41, 5.74) is 2.01. The first-order valence-electron chi connectivity index (χ1n) is 12.4. The lowest BCUT2D eigenvalue weighted by molar-refractivity contribution is 0.122. The summed E-state index contributed by atoms with van der Waals surface area (Å²) < 4.78 is 43.3. The molecule has 0 spiro atoms. The Morgan fingerprint density at radius 2 is 1.81 bits per heavy atom. The molecule has 2 aliphatic rings. The van der Waals surface area contributed by atoms with Gasteiger partial charge in [0.1, 0.15) is 17.7 Å². The van der Waals surface area contributed by atoms with Gasteiger partial charge in [-0.3, -0.25) is 14.7 Å². The second-order valence-corrected chi connectivity index (χ2v) is 11.1. The highest BCUT2D eigenvalue weighted by Gasteiger charge is 2.25. The monoisotopic (exact) mass is 528 g/mol. The van der Waals surface area contributed by atoms with Gasteiger partial charge < -0.3 is 24.4 Å². The fourth-order valence-electron chi connectivity index (χ4n) is 4.72. The van der Waals surface area contributed by atoms with E-state index in [4.69, 9.17) is 19.2 Å². The van der Waals surface area contributed by atoms with Gasteiger partial charge in [0.2, 0.25) is 15.9 Å². The Morgan fingerprint density at radius 1 is 1.03 bits per heavy atom. The van der Waals surface area contributed by atoms with E-state index in [1.165, 1.54) is 6.20 Å². The molecule has 1 saturated heterocycles. The molecule has 5 rings (SSSR count). The molecule has 198 valence electrons. The van der Waals surface area contributed by atoms with Gasteiger partial charge in [-0.15, -0.1) is 0 Å². The molecule has 37 heavy (non-hydrogen) atoms. The van der Waals surface area contributed by atoms with Crippen molar-refractivity contribution in [3.05, 3.63) is 36.8 Å².